The van der Waals surface area contributed by atoms with Gasteiger partial charge in [0.15, 0.2) is 0 Å². The molecule has 0 aliphatic heterocycles. The maximum Gasteiger partial charge on any atom is 0.306 e. The lowest BCUT2D eigenvalue weighted by molar-refractivity contribution is -0.144. The monoisotopic (exact) mass is 393 g/mol. The fourth-order valence-corrected chi connectivity index (χ4v) is 4.79. The number of ether oxygens (including phenoxy) is 1. The van der Waals surface area contributed by atoms with Gasteiger partial charge in [0.2, 0.25) is 0 Å². The van der Waals surface area contributed by atoms with Gasteiger partial charge < -0.3 is 9.72 Å². The molecule has 1 N–H and O–H groups in total. The molecule has 3 aromatic rings. The van der Waals surface area contributed by atoms with Gasteiger partial charge >= 0.3 is 5.97 Å². The van der Waals surface area contributed by atoms with Crippen LogP contribution in [0.1, 0.15) is 46.7 Å². The lowest BCUT2D eigenvalue weighted by Crippen LogP contribution is -2.14. The number of aromatic amines is 1. The van der Waals surface area contributed by atoms with E-state index in [4.69, 9.17) is 10.00 Å². The van der Waals surface area contributed by atoms with Crippen molar-refractivity contribution in [1.29, 1.82) is 5.26 Å². The molecule has 0 atom stereocenters. The lowest BCUT2D eigenvalue weighted by atomic mass is 9.97. The quantitative estimate of drug-likeness (QED) is 0.670. The fraction of sp³-hybridized carbons (Fsp3) is 0.333. The molecule has 4 rings (SSSR count). The Hall–Kier alpha value is -2.98. The molecule has 1 aromatic carbocycles. The lowest BCUT2D eigenvalue weighted by Gasteiger charge is -2.09. The molecule has 0 amide bonds. The molecule has 0 fully saturated rings. The molecule has 0 bridgehead atoms. The van der Waals surface area contributed by atoms with Crippen molar-refractivity contribution in [2.24, 2.45) is 0 Å². The van der Waals surface area contributed by atoms with Crippen LogP contribution in [0.4, 0.5) is 0 Å². The molecule has 0 saturated carbocycles. The van der Waals surface area contributed by atoms with Crippen molar-refractivity contribution in [2.45, 2.75) is 45.1 Å². The summed E-state index contributed by atoms with van der Waals surface area (Å²) in [5.74, 6) is 0.148. The van der Waals surface area contributed by atoms with E-state index in [0.717, 1.165) is 47.0 Å². The Bertz CT molecular complexity index is 1140. The highest BCUT2D eigenvalue weighted by Gasteiger charge is 2.20. The average Bonchev–Trinajstić information content (AvgIpc) is 3.09. The number of H-pyrrole nitrogens is 1. The summed E-state index contributed by atoms with van der Waals surface area (Å²) in [5, 5.41) is 9.63. The Morgan fingerprint density at radius 2 is 2.18 bits per heavy atom. The second-order valence-corrected chi connectivity index (χ2v) is 7.96. The van der Waals surface area contributed by atoms with Crippen molar-refractivity contribution in [1.82, 2.24) is 9.97 Å². The number of nitrogens with one attached hydrogen (secondary N) is 1. The van der Waals surface area contributed by atoms with Crippen molar-refractivity contribution >= 4 is 27.5 Å². The number of rotatable bonds is 5. The minimum absolute atomic E-state index is 0.110. The first-order chi connectivity index (χ1) is 13.6. The number of hydrogen-bond acceptors (Lipinski definition) is 6. The zero-order valence-electron chi connectivity index (χ0n) is 15.3. The number of esters is 1. The molecule has 7 heteroatoms. The zero-order chi connectivity index (χ0) is 19.5. The summed E-state index contributed by atoms with van der Waals surface area (Å²) < 4.78 is 5.27. The summed E-state index contributed by atoms with van der Waals surface area (Å²) in [7, 11) is 0. The number of fused-ring (bicyclic) bond motifs is 3. The van der Waals surface area contributed by atoms with E-state index in [-0.39, 0.29) is 24.6 Å². The molecule has 0 radical (unpaired) electrons. The third-order valence-corrected chi connectivity index (χ3v) is 6.08. The van der Waals surface area contributed by atoms with Crippen LogP contribution in [-0.2, 0) is 35.4 Å². The van der Waals surface area contributed by atoms with Gasteiger partial charge in [0, 0.05) is 11.3 Å². The van der Waals surface area contributed by atoms with Gasteiger partial charge in [-0.2, -0.15) is 5.26 Å². The fourth-order valence-electron chi connectivity index (χ4n) is 3.51. The number of hydrogen-bond donors (Lipinski definition) is 1. The number of aromatic nitrogens is 2. The summed E-state index contributed by atoms with van der Waals surface area (Å²) >= 11 is 1.60. The van der Waals surface area contributed by atoms with Crippen LogP contribution in [0.15, 0.2) is 29.1 Å². The molecule has 0 unspecified atom stereocenters. The first-order valence-corrected chi connectivity index (χ1v) is 10.1. The maximum absolute atomic E-state index is 12.5. The summed E-state index contributed by atoms with van der Waals surface area (Å²) in [4.78, 5) is 34.0. The average molecular weight is 393 g/mol. The summed E-state index contributed by atoms with van der Waals surface area (Å²) in [6.07, 6.45) is 4.70. The Morgan fingerprint density at radius 3 is 3.04 bits per heavy atom. The SMILES string of the molecule is N#Cc1cccc(COC(=O)CCc2nc3sc4c(c3c(=O)[nH]2)CCCC4)c1. The van der Waals surface area contributed by atoms with Crippen LogP contribution in [0.5, 0.6) is 0 Å². The third-order valence-electron chi connectivity index (χ3n) is 4.90. The molecule has 1 aliphatic rings. The van der Waals surface area contributed by atoms with Gasteiger partial charge in [-0.25, -0.2) is 4.98 Å². The number of carbonyl (C=O) groups is 1. The molecule has 0 spiro atoms. The van der Waals surface area contributed by atoms with Crippen LogP contribution in [0.2, 0.25) is 0 Å². The van der Waals surface area contributed by atoms with Crippen molar-refractivity contribution in [3.05, 3.63) is 62.0 Å². The minimum Gasteiger partial charge on any atom is -0.461 e. The normalized spacial score (nSPS) is 13.1. The number of nitrogens with zero attached hydrogens (tertiary/aromatic N) is 2. The van der Waals surface area contributed by atoms with Crippen molar-refractivity contribution in [2.75, 3.05) is 0 Å². The van der Waals surface area contributed by atoms with E-state index in [1.165, 1.54) is 4.88 Å². The Balaban J connectivity index is 1.40. The molecule has 6 nitrogen and oxygen atoms in total. The second kappa shape index (κ2) is 7.95. The number of nitriles is 1. The largest absolute Gasteiger partial charge is 0.461 e. The van der Waals surface area contributed by atoms with E-state index >= 15 is 0 Å². The molecular formula is C21H19N3O3S. The maximum atomic E-state index is 12.5. The smallest absolute Gasteiger partial charge is 0.306 e. The van der Waals surface area contributed by atoms with Gasteiger partial charge in [-0.1, -0.05) is 12.1 Å². The standard InChI is InChI=1S/C21H19N3O3S/c22-11-13-4-3-5-14(10-13)12-27-18(25)9-8-17-23-20(26)19-15-6-1-2-7-16(15)28-21(19)24-17/h3-5,10H,1-2,6-9,12H2,(H,23,24,26). The van der Waals surface area contributed by atoms with Gasteiger partial charge in [0.25, 0.3) is 5.56 Å². The van der Waals surface area contributed by atoms with Crippen LogP contribution >= 0.6 is 11.3 Å². The van der Waals surface area contributed by atoms with Crippen molar-refractivity contribution in [3.8, 4) is 6.07 Å². The number of carbonyl (C=O) groups excluding carboxylic acids is 1. The molecule has 142 valence electrons. The van der Waals surface area contributed by atoms with Gasteiger partial charge in [-0.05, 0) is 48.9 Å². The summed E-state index contributed by atoms with van der Waals surface area (Å²) in [5.41, 5.74) is 2.35. The highest BCUT2D eigenvalue weighted by atomic mass is 32.1. The molecule has 0 saturated heterocycles. The molecule has 1 aliphatic carbocycles. The van der Waals surface area contributed by atoms with Gasteiger partial charge in [0.05, 0.1) is 23.4 Å². The van der Waals surface area contributed by atoms with Crippen LogP contribution in [0.3, 0.4) is 0 Å². The number of benzene rings is 1. The molecule has 2 aromatic heterocycles. The topological polar surface area (TPSA) is 95.8 Å². The summed E-state index contributed by atoms with van der Waals surface area (Å²) in [6, 6.07) is 9.01. The molecule has 28 heavy (non-hydrogen) atoms. The van der Waals surface area contributed by atoms with Gasteiger partial charge in [-0.3, -0.25) is 9.59 Å². The Kier molecular flexibility index (Phi) is 5.22. The van der Waals surface area contributed by atoms with Crippen molar-refractivity contribution in [3.63, 3.8) is 0 Å². The number of thiophene rings is 1. The minimum atomic E-state index is -0.365. The van der Waals surface area contributed by atoms with Crippen LogP contribution in [-0.4, -0.2) is 15.9 Å². The van der Waals surface area contributed by atoms with Crippen LogP contribution < -0.4 is 5.56 Å². The first-order valence-electron chi connectivity index (χ1n) is 9.32. The summed E-state index contributed by atoms with van der Waals surface area (Å²) in [6.45, 7) is 0.120. The highest BCUT2D eigenvalue weighted by Crippen LogP contribution is 2.33. The van der Waals surface area contributed by atoms with Crippen LogP contribution in [0.25, 0.3) is 10.2 Å². The van der Waals surface area contributed by atoms with E-state index in [2.05, 4.69) is 16.0 Å². The number of aryl methyl sites for hydroxylation is 3. The van der Waals surface area contributed by atoms with Gasteiger partial charge in [0.1, 0.15) is 17.3 Å². The van der Waals surface area contributed by atoms with E-state index in [9.17, 15) is 9.59 Å². The van der Waals surface area contributed by atoms with Gasteiger partial charge in [-0.15, -0.1) is 11.3 Å². The van der Waals surface area contributed by atoms with E-state index in [1.54, 1.807) is 35.6 Å². The first kappa shape index (κ1) is 18.4. The zero-order valence-corrected chi connectivity index (χ0v) is 16.1. The predicted molar refractivity (Wildman–Crippen MR) is 106 cm³/mol. The molecule has 2 heterocycles. The molecular weight excluding hydrogens is 374 g/mol. The van der Waals surface area contributed by atoms with Crippen molar-refractivity contribution < 1.29 is 9.53 Å². The van der Waals surface area contributed by atoms with E-state index < -0.39 is 0 Å². The van der Waals surface area contributed by atoms with E-state index in [0.29, 0.717) is 17.8 Å². The second-order valence-electron chi connectivity index (χ2n) is 6.88. The Morgan fingerprint density at radius 1 is 1.32 bits per heavy atom. The third kappa shape index (κ3) is 3.82. The van der Waals surface area contributed by atoms with E-state index in [1.807, 2.05) is 0 Å². The van der Waals surface area contributed by atoms with Crippen LogP contribution in [0, 0.1) is 11.3 Å². The highest BCUT2D eigenvalue weighted by molar-refractivity contribution is 7.18. The Labute approximate surface area is 165 Å². The predicted octanol–water partition coefficient (Wildman–Crippen LogP) is 3.41.